The number of ether oxygens (including phenoxy) is 1. The van der Waals surface area contributed by atoms with E-state index in [1.807, 2.05) is 6.92 Å². The first-order valence-electron chi connectivity index (χ1n) is 5.72. The number of thiazole rings is 1. The molecule has 2 aromatic heterocycles. The van der Waals surface area contributed by atoms with E-state index in [1.54, 1.807) is 33.0 Å². The monoisotopic (exact) mass is 281 g/mol. The summed E-state index contributed by atoms with van der Waals surface area (Å²) in [5, 5.41) is 0.953. The predicted molar refractivity (Wildman–Crippen MR) is 72.1 cm³/mol. The number of carbonyl (C=O) groups is 1. The molecular formula is C12H15N3O3S. The minimum absolute atomic E-state index is 0.294. The van der Waals surface area contributed by atoms with E-state index >= 15 is 0 Å². The molecule has 0 unspecified atom stereocenters. The molecule has 0 aromatic carbocycles. The van der Waals surface area contributed by atoms with E-state index in [9.17, 15) is 4.79 Å². The lowest BCUT2D eigenvalue weighted by Gasteiger charge is -2.19. The summed E-state index contributed by atoms with van der Waals surface area (Å²) < 4.78 is 5.99. The van der Waals surface area contributed by atoms with Gasteiger partial charge < -0.3 is 9.57 Å². The molecule has 0 saturated carbocycles. The number of nitrogens with one attached hydrogen (secondary N) is 1. The molecule has 1 amide bonds. The maximum atomic E-state index is 11.4. The van der Waals surface area contributed by atoms with Gasteiger partial charge in [0.15, 0.2) is 0 Å². The number of amides is 1. The van der Waals surface area contributed by atoms with Crippen LogP contribution in [0.2, 0.25) is 0 Å². The molecule has 2 aromatic rings. The Morgan fingerprint density at radius 1 is 1.42 bits per heavy atom. The lowest BCUT2D eigenvalue weighted by Crippen LogP contribution is -2.34. The van der Waals surface area contributed by atoms with E-state index in [2.05, 4.69) is 15.4 Å². The van der Waals surface area contributed by atoms with Crippen molar-refractivity contribution in [2.45, 2.75) is 33.3 Å². The molecule has 0 aliphatic carbocycles. The molecule has 0 bridgehead atoms. The third kappa shape index (κ3) is 3.78. The molecule has 0 spiro atoms. The Labute approximate surface area is 114 Å². The smallest absolute Gasteiger partial charge is 0.441 e. The number of carbonyl (C=O) groups excluding carboxylic acids is 1. The van der Waals surface area contributed by atoms with Gasteiger partial charge in [0.1, 0.15) is 11.1 Å². The number of fused-ring (bicyclic) bond motifs is 1. The van der Waals surface area contributed by atoms with E-state index < -0.39 is 11.7 Å². The van der Waals surface area contributed by atoms with Gasteiger partial charge in [0, 0.05) is 6.07 Å². The van der Waals surface area contributed by atoms with Crippen molar-refractivity contribution in [2.24, 2.45) is 0 Å². The summed E-state index contributed by atoms with van der Waals surface area (Å²) in [6.45, 7) is 7.25. The highest BCUT2D eigenvalue weighted by molar-refractivity contribution is 7.18. The summed E-state index contributed by atoms with van der Waals surface area (Å²) in [7, 11) is 0. The standard InChI is InChI=1S/C12H15N3O3S/c1-7-14-8-6-13-10(5-9(8)19-7)18-15-11(16)17-12(2,3)4/h5-6H,1-4H3,(H,15,16). The number of rotatable bonds is 2. The summed E-state index contributed by atoms with van der Waals surface area (Å²) in [5.41, 5.74) is 2.43. The third-order valence-electron chi connectivity index (χ3n) is 1.99. The lowest BCUT2D eigenvalue weighted by atomic mass is 10.2. The van der Waals surface area contributed by atoms with Gasteiger partial charge in [0.25, 0.3) is 0 Å². The van der Waals surface area contributed by atoms with Crippen molar-refractivity contribution in [1.82, 2.24) is 15.4 Å². The number of pyridine rings is 1. The summed E-state index contributed by atoms with van der Waals surface area (Å²) in [6, 6.07) is 1.72. The van der Waals surface area contributed by atoms with Gasteiger partial charge >= 0.3 is 6.09 Å². The van der Waals surface area contributed by atoms with Gasteiger partial charge in [-0.1, -0.05) is 0 Å². The minimum atomic E-state index is -0.658. The average molecular weight is 281 g/mol. The van der Waals surface area contributed by atoms with Gasteiger partial charge in [0.05, 0.1) is 15.9 Å². The van der Waals surface area contributed by atoms with Crippen molar-refractivity contribution in [2.75, 3.05) is 0 Å². The van der Waals surface area contributed by atoms with Crippen LogP contribution >= 0.6 is 11.3 Å². The molecule has 102 valence electrons. The van der Waals surface area contributed by atoms with Crippen molar-refractivity contribution in [3.63, 3.8) is 0 Å². The molecule has 6 nitrogen and oxygen atoms in total. The van der Waals surface area contributed by atoms with E-state index in [0.29, 0.717) is 5.88 Å². The van der Waals surface area contributed by atoms with Crippen LogP contribution in [0, 0.1) is 6.92 Å². The molecule has 0 radical (unpaired) electrons. The maximum Gasteiger partial charge on any atom is 0.441 e. The van der Waals surface area contributed by atoms with E-state index in [1.165, 1.54) is 11.3 Å². The van der Waals surface area contributed by atoms with Gasteiger partial charge in [-0.25, -0.2) is 14.8 Å². The first-order chi connectivity index (χ1) is 8.83. The largest absolute Gasteiger partial charge is 0.442 e. The van der Waals surface area contributed by atoms with Crippen molar-refractivity contribution in [3.8, 4) is 5.88 Å². The van der Waals surface area contributed by atoms with Crippen molar-refractivity contribution >= 4 is 27.6 Å². The van der Waals surface area contributed by atoms with Gasteiger partial charge in [-0.05, 0) is 27.7 Å². The van der Waals surface area contributed by atoms with Gasteiger partial charge in [-0.15, -0.1) is 11.3 Å². The number of hydrogen-bond acceptors (Lipinski definition) is 6. The zero-order chi connectivity index (χ0) is 14.0. The normalized spacial score (nSPS) is 11.4. The van der Waals surface area contributed by atoms with Gasteiger partial charge in [-0.2, -0.15) is 5.48 Å². The van der Waals surface area contributed by atoms with Crippen molar-refractivity contribution < 1.29 is 14.4 Å². The fourth-order valence-electron chi connectivity index (χ4n) is 1.38. The SMILES string of the molecule is Cc1nc2cnc(ONC(=O)OC(C)(C)C)cc2s1. The Bertz CT molecular complexity index is 604. The van der Waals surface area contributed by atoms with Crippen LogP contribution in [0.3, 0.4) is 0 Å². The van der Waals surface area contributed by atoms with Gasteiger partial charge in [-0.3, -0.25) is 0 Å². The lowest BCUT2D eigenvalue weighted by molar-refractivity contribution is 0.0279. The summed E-state index contributed by atoms with van der Waals surface area (Å²) >= 11 is 1.54. The van der Waals surface area contributed by atoms with Gasteiger partial charge in [0.2, 0.25) is 5.88 Å². The first-order valence-corrected chi connectivity index (χ1v) is 6.54. The van der Waals surface area contributed by atoms with Crippen LogP contribution in [0.15, 0.2) is 12.3 Å². The molecule has 0 saturated heterocycles. The fraction of sp³-hybridized carbons (Fsp3) is 0.417. The van der Waals surface area contributed by atoms with Crippen LogP contribution in [-0.2, 0) is 4.74 Å². The number of aromatic nitrogens is 2. The van der Waals surface area contributed by atoms with E-state index in [0.717, 1.165) is 15.2 Å². The molecular weight excluding hydrogens is 266 g/mol. The second kappa shape index (κ2) is 5.00. The van der Waals surface area contributed by atoms with Crippen LogP contribution in [0.4, 0.5) is 4.79 Å². The first kappa shape index (κ1) is 13.5. The highest BCUT2D eigenvalue weighted by Crippen LogP contribution is 2.23. The zero-order valence-corrected chi connectivity index (χ0v) is 12.0. The Morgan fingerprint density at radius 3 is 2.84 bits per heavy atom. The number of nitrogens with zero attached hydrogens (tertiary/aromatic N) is 2. The number of aryl methyl sites for hydroxylation is 1. The fourth-order valence-corrected chi connectivity index (χ4v) is 2.20. The van der Waals surface area contributed by atoms with Crippen LogP contribution in [0.5, 0.6) is 5.88 Å². The molecule has 0 aliphatic rings. The third-order valence-corrected chi connectivity index (χ3v) is 2.93. The molecule has 0 fully saturated rings. The Kier molecular flexibility index (Phi) is 3.57. The molecule has 1 N–H and O–H groups in total. The average Bonchev–Trinajstić information content (AvgIpc) is 2.63. The summed E-state index contributed by atoms with van der Waals surface area (Å²) in [6.07, 6.45) is 0.945. The van der Waals surface area contributed by atoms with Crippen LogP contribution in [0.25, 0.3) is 10.2 Å². The Hall–Kier alpha value is -1.89. The van der Waals surface area contributed by atoms with Crippen LogP contribution < -0.4 is 10.3 Å². The highest BCUT2D eigenvalue weighted by atomic mass is 32.1. The van der Waals surface area contributed by atoms with Crippen molar-refractivity contribution in [1.29, 1.82) is 0 Å². The minimum Gasteiger partial charge on any atom is -0.442 e. The molecule has 19 heavy (non-hydrogen) atoms. The van der Waals surface area contributed by atoms with E-state index in [4.69, 9.17) is 9.57 Å². The molecule has 0 aliphatic heterocycles. The quantitative estimate of drug-likeness (QED) is 0.857. The van der Waals surface area contributed by atoms with Crippen LogP contribution in [-0.4, -0.2) is 21.7 Å². The maximum absolute atomic E-state index is 11.4. The summed E-state index contributed by atoms with van der Waals surface area (Å²) in [5.74, 6) is 0.294. The molecule has 7 heteroatoms. The predicted octanol–water partition coefficient (Wildman–Crippen LogP) is 2.82. The molecule has 2 rings (SSSR count). The van der Waals surface area contributed by atoms with Crippen molar-refractivity contribution in [3.05, 3.63) is 17.3 Å². The highest BCUT2D eigenvalue weighted by Gasteiger charge is 2.16. The Balaban J connectivity index is 1.99. The second-order valence-corrected chi connectivity index (χ2v) is 6.16. The number of hydrogen-bond donors (Lipinski definition) is 1. The molecule has 2 heterocycles. The Morgan fingerprint density at radius 2 is 2.16 bits per heavy atom. The zero-order valence-electron chi connectivity index (χ0n) is 11.2. The van der Waals surface area contributed by atoms with Crippen LogP contribution in [0.1, 0.15) is 25.8 Å². The van der Waals surface area contributed by atoms with E-state index in [-0.39, 0.29) is 0 Å². The number of hydroxylamine groups is 1. The summed E-state index contributed by atoms with van der Waals surface area (Å²) in [4.78, 5) is 24.8. The molecule has 0 atom stereocenters. The topological polar surface area (TPSA) is 73.3 Å². The second-order valence-electron chi connectivity index (χ2n) is 4.93.